The highest BCUT2D eigenvalue weighted by molar-refractivity contribution is 5.65. The van der Waals surface area contributed by atoms with Crippen LogP contribution in [0.25, 0.3) is 11.4 Å². The number of aromatic nitrogens is 3. The van der Waals surface area contributed by atoms with Crippen LogP contribution in [0.4, 0.5) is 30.6 Å². The van der Waals surface area contributed by atoms with Gasteiger partial charge in [0.25, 0.3) is 0 Å². The smallest absolute Gasteiger partial charge is 0.225 e. The van der Waals surface area contributed by atoms with E-state index in [0.29, 0.717) is 23.5 Å². The van der Waals surface area contributed by atoms with Crippen molar-refractivity contribution in [2.24, 2.45) is 0 Å². The van der Waals surface area contributed by atoms with Gasteiger partial charge in [0.15, 0.2) is 11.6 Å². The van der Waals surface area contributed by atoms with Crippen LogP contribution in [-0.4, -0.2) is 32.7 Å². The lowest BCUT2D eigenvalue weighted by Crippen LogP contribution is -2.21. The molecule has 2 heterocycles. The molecule has 0 aliphatic rings. The Kier molecular flexibility index (Phi) is 5.51. The number of nitrogens with one attached hydrogen (secondary N) is 2. The van der Waals surface area contributed by atoms with Crippen LogP contribution in [0.3, 0.4) is 0 Å². The first-order chi connectivity index (χ1) is 13.0. The second kappa shape index (κ2) is 8.00. The Morgan fingerprint density at radius 3 is 2.41 bits per heavy atom. The SMILES string of the molecule is C[C@H](CO)Nc1nc(Nc2c(F)cc(F)cc2F)cc(-c2ccccn2)n1. The van der Waals surface area contributed by atoms with Gasteiger partial charge in [-0.1, -0.05) is 6.07 Å². The summed E-state index contributed by atoms with van der Waals surface area (Å²) in [5.74, 6) is -3.01. The number of halogens is 3. The molecule has 0 spiro atoms. The number of benzene rings is 1. The van der Waals surface area contributed by atoms with E-state index in [1.54, 1.807) is 31.3 Å². The summed E-state index contributed by atoms with van der Waals surface area (Å²) in [4.78, 5) is 12.6. The van der Waals surface area contributed by atoms with Gasteiger partial charge in [0.05, 0.1) is 18.0 Å². The highest BCUT2D eigenvalue weighted by atomic mass is 19.1. The average Bonchev–Trinajstić information content (AvgIpc) is 2.65. The Bertz CT molecular complexity index is 917. The van der Waals surface area contributed by atoms with E-state index in [9.17, 15) is 18.3 Å². The van der Waals surface area contributed by atoms with Gasteiger partial charge in [-0.3, -0.25) is 4.98 Å². The molecule has 3 aromatic rings. The van der Waals surface area contributed by atoms with E-state index in [-0.39, 0.29) is 24.4 Å². The van der Waals surface area contributed by atoms with E-state index in [4.69, 9.17) is 0 Å². The number of hydrogen-bond acceptors (Lipinski definition) is 6. The van der Waals surface area contributed by atoms with Gasteiger partial charge in [-0.2, -0.15) is 4.98 Å². The van der Waals surface area contributed by atoms with Crippen molar-refractivity contribution < 1.29 is 18.3 Å². The first kappa shape index (κ1) is 18.6. The first-order valence-electron chi connectivity index (χ1n) is 8.05. The van der Waals surface area contributed by atoms with Gasteiger partial charge in [0, 0.05) is 30.4 Å². The molecular formula is C18H16F3N5O. The minimum atomic E-state index is -1.09. The van der Waals surface area contributed by atoms with Crippen LogP contribution in [0.2, 0.25) is 0 Å². The maximum Gasteiger partial charge on any atom is 0.225 e. The van der Waals surface area contributed by atoms with Crippen molar-refractivity contribution in [2.75, 3.05) is 17.2 Å². The summed E-state index contributed by atoms with van der Waals surface area (Å²) >= 11 is 0. The molecule has 0 fully saturated rings. The van der Waals surface area contributed by atoms with Gasteiger partial charge < -0.3 is 15.7 Å². The monoisotopic (exact) mass is 375 g/mol. The van der Waals surface area contributed by atoms with Gasteiger partial charge in [0.1, 0.15) is 17.3 Å². The van der Waals surface area contributed by atoms with Crippen LogP contribution in [0.1, 0.15) is 6.92 Å². The molecule has 0 saturated heterocycles. The molecule has 27 heavy (non-hydrogen) atoms. The van der Waals surface area contributed by atoms with Gasteiger partial charge >= 0.3 is 0 Å². The Labute approximate surface area is 153 Å². The van der Waals surface area contributed by atoms with E-state index in [2.05, 4.69) is 25.6 Å². The Hall–Kier alpha value is -3.20. The molecule has 6 nitrogen and oxygen atoms in total. The second-order valence-electron chi connectivity index (χ2n) is 5.77. The summed E-state index contributed by atoms with van der Waals surface area (Å²) in [7, 11) is 0. The summed E-state index contributed by atoms with van der Waals surface area (Å²) in [6.45, 7) is 1.55. The molecule has 0 aliphatic heterocycles. The van der Waals surface area contributed by atoms with Crippen LogP contribution >= 0.6 is 0 Å². The maximum atomic E-state index is 13.9. The Morgan fingerprint density at radius 2 is 1.78 bits per heavy atom. The van der Waals surface area contributed by atoms with Crippen LogP contribution in [0.5, 0.6) is 0 Å². The molecule has 3 N–H and O–H groups in total. The van der Waals surface area contributed by atoms with E-state index in [0.717, 1.165) is 0 Å². The second-order valence-corrected chi connectivity index (χ2v) is 5.77. The van der Waals surface area contributed by atoms with Gasteiger partial charge in [-0.15, -0.1) is 0 Å². The Balaban J connectivity index is 2.02. The van der Waals surface area contributed by atoms with E-state index >= 15 is 0 Å². The van der Waals surface area contributed by atoms with Crippen molar-refractivity contribution >= 4 is 17.5 Å². The highest BCUT2D eigenvalue weighted by Gasteiger charge is 2.15. The van der Waals surface area contributed by atoms with E-state index in [1.807, 2.05) is 0 Å². The van der Waals surface area contributed by atoms with Crippen LogP contribution < -0.4 is 10.6 Å². The number of nitrogens with zero attached hydrogens (tertiary/aromatic N) is 3. The minimum Gasteiger partial charge on any atom is -0.394 e. The normalized spacial score (nSPS) is 11.9. The summed E-state index contributed by atoms with van der Waals surface area (Å²) in [6, 6.07) is 7.46. The van der Waals surface area contributed by atoms with Crippen molar-refractivity contribution in [1.29, 1.82) is 0 Å². The van der Waals surface area contributed by atoms with Gasteiger partial charge in [-0.05, 0) is 19.1 Å². The molecule has 1 atom stereocenters. The van der Waals surface area contributed by atoms with E-state index < -0.39 is 23.1 Å². The fourth-order valence-corrected chi connectivity index (χ4v) is 2.28. The van der Waals surface area contributed by atoms with Crippen molar-refractivity contribution in [1.82, 2.24) is 15.0 Å². The number of hydrogen-bond donors (Lipinski definition) is 3. The molecule has 0 unspecified atom stereocenters. The number of pyridine rings is 1. The fourth-order valence-electron chi connectivity index (χ4n) is 2.28. The zero-order chi connectivity index (χ0) is 19.4. The number of anilines is 3. The molecule has 0 aliphatic carbocycles. The lowest BCUT2D eigenvalue weighted by Gasteiger charge is -2.14. The predicted octanol–water partition coefficient (Wildman–Crippen LogP) is 3.49. The lowest BCUT2D eigenvalue weighted by molar-refractivity contribution is 0.281. The highest BCUT2D eigenvalue weighted by Crippen LogP contribution is 2.26. The molecule has 3 rings (SSSR count). The zero-order valence-corrected chi connectivity index (χ0v) is 14.2. The quantitative estimate of drug-likeness (QED) is 0.612. The Morgan fingerprint density at radius 1 is 1.04 bits per heavy atom. The third kappa shape index (κ3) is 4.50. The van der Waals surface area contributed by atoms with Crippen molar-refractivity contribution in [3.63, 3.8) is 0 Å². The molecule has 9 heteroatoms. The minimum absolute atomic E-state index is 0.0719. The van der Waals surface area contributed by atoms with Crippen LogP contribution in [-0.2, 0) is 0 Å². The molecular weight excluding hydrogens is 359 g/mol. The third-order valence-electron chi connectivity index (χ3n) is 3.56. The maximum absolute atomic E-state index is 13.9. The van der Waals surface area contributed by atoms with Crippen molar-refractivity contribution in [2.45, 2.75) is 13.0 Å². The molecule has 0 radical (unpaired) electrons. The summed E-state index contributed by atoms with van der Waals surface area (Å²) in [6.07, 6.45) is 1.58. The number of aliphatic hydroxyl groups excluding tert-OH is 1. The van der Waals surface area contributed by atoms with Crippen molar-refractivity contribution in [3.05, 3.63) is 60.0 Å². The topological polar surface area (TPSA) is 83.0 Å². The standard InChI is InChI=1S/C18H16F3N5O/c1-10(9-27)23-18-24-15(14-4-2-3-5-22-14)8-16(26-18)25-17-12(20)6-11(19)7-13(17)21/h2-8,10,27H,9H2,1H3,(H2,23,24,25,26)/t10-/m1/s1. The summed E-state index contributed by atoms with van der Waals surface area (Å²) in [5, 5.41) is 14.6. The van der Waals surface area contributed by atoms with Gasteiger partial charge in [0.2, 0.25) is 5.95 Å². The largest absolute Gasteiger partial charge is 0.394 e. The van der Waals surface area contributed by atoms with Crippen molar-refractivity contribution in [3.8, 4) is 11.4 Å². The van der Waals surface area contributed by atoms with E-state index in [1.165, 1.54) is 6.07 Å². The van der Waals surface area contributed by atoms with Gasteiger partial charge in [-0.25, -0.2) is 18.2 Å². The molecule has 2 aromatic heterocycles. The fraction of sp³-hybridized carbons (Fsp3) is 0.167. The zero-order valence-electron chi connectivity index (χ0n) is 14.2. The third-order valence-corrected chi connectivity index (χ3v) is 3.56. The number of rotatable bonds is 6. The molecule has 0 bridgehead atoms. The summed E-state index contributed by atoms with van der Waals surface area (Å²) in [5.41, 5.74) is 0.370. The molecule has 0 amide bonds. The molecule has 1 aromatic carbocycles. The molecule has 140 valence electrons. The average molecular weight is 375 g/mol. The van der Waals surface area contributed by atoms with Crippen LogP contribution in [0.15, 0.2) is 42.6 Å². The predicted molar refractivity (Wildman–Crippen MR) is 95.0 cm³/mol. The number of aliphatic hydroxyl groups is 1. The van der Waals surface area contributed by atoms with Crippen LogP contribution in [0, 0.1) is 17.5 Å². The summed E-state index contributed by atoms with van der Waals surface area (Å²) < 4.78 is 41.0. The lowest BCUT2D eigenvalue weighted by atomic mass is 10.2. The first-order valence-corrected chi connectivity index (χ1v) is 8.05. The molecule has 0 saturated carbocycles.